The van der Waals surface area contributed by atoms with Gasteiger partial charge in [-0.1, -0.05) is 20.8 Å². The van der Waals surface area contributed by atoms with Crippen molar-refractivity contribution in [1.29, 1.82) is 0 Å². The van der Waals surface area contributed by atoms with Gasteiger partial charge in [-0.2, -0.15) is 5.10 Å². The summed E-state index contributed by atoms with van der Waals surface area (Å²) in [6, 6.07) is 0. The molecule has 1 amide bonds. The lowest BCUT2D eigenvalue weighted by Gasteiger charge is -2.25. The Balaban J connectivity index is 2.75. The van der Waals surface area contributed by atoms with E-state index in [0.717, 1.165) is 0 Å². The van der Waals surface area contributed by atoms with Crippen LogP contribution >= 0.6 is 0 Å². The van der Waals surface area contributed by atoms with Crippen LogP contribution in [0.5, 0.6) is 0 Å². The summed E-state index contributed by atoms with van der Waals surface area (Å²) in [5.74, 6) is 0.0524. The van der Waals surface area contributed by atoms with E-state index in [1.807, 2.05) is 20.8 Å². The predicted molar refractivity (Wildman–Crippen MR) is 79.4 cm³/mol. The molecule has 0 saturated carbocycles. The predicted octanol–water partition coefficient (Wildman–Crippen LogP) is 1.09. The second kappa shape index (κ2) is 6.26. The summed E-state index contributed by atoms with van der Waals surface area (Å²) in [5, 5.41) is 17.1. The highest BCUT2D eigenvalue weighted by Crippen LogP contribution is 2.18. The first-order valence-corrected chi connectivity index (χ1v) is 7.00. The van der Waals surface area contributed by atoms with Crippen molar-refractivity contribution in [2.45, 2.75) is 46.1 Å². The second-order valence-electron chi connectivity index (χ2n) is 5.96. The Morgan fingerprint density at radius 2 is 2.15 bits per heavy atom. The van der Waals surface area contributed by atoms with Crippen molar-refractivity contribution in [2.75, 3.05) is 12.3 Å². The molecule has 0 aliphatic carbocycles. The van der Waals surface area contributed by atoms with Crippen LogP contribution in [0.4, 0.5) is 5.69 Å². The number of aryl methyl sites for hydroxylation is 2. The van der Waals surface area contributed by atoms with Gasteiger partial charge in [-0.25, -0.2) is 0 Å². The molecule has 0 aromatic carbocycles. The van der Waals surface area contributed by atoms with E-state index in [1.54, 1.807) is 14.0 Å². The van der Waals surface area contributed by atoms with Crippen molar-refractivity contribution >= 4 is 11.6 Å². The largest absolute Gasteiger partial charge is 0.395 e. The van der Waals surface area contributed by atoms with Crippen LogP contribution in [0.15, 0.2) is 0 Å². The van der Waals surface area contributed by atoms with Crippen LogP contribution in [-0.2, 0) is 13.5 Å². The van der Waals surface area contributed by atoms with Gasteiger partial charge >= 0.3 is 0 Å². The number of nitrogens with two attached hydrogens (primary N) is 1. The molecule has 6 heteroatoms. The van der Waals surface area contributed by atoms with Gasteiger partial charge in [-0.3, -0.25) is 9.48 Å². The fourth-order valence-corrected chi connectivity index (χ4v) is 2.43. The van der Waals surface area contributed by atoms with Crippen molar-refractivity contribution in [1.82, 2.24) is 15.1 Å². The molecule has 0 saturated heterocycles. The van der Waals surface area contributed by atoms with Gasteiger partial charge in [0.2, 0.25) is 0 Å². The Morgan fingerprint density at radius 1 is 1.55 bits per heavy atom. The highest BCUT2D eigenvalue weighted by atomic mass is 16.3. The summed E-state index contributed by atoms with van der Waals surface area (Å²) >= 11 is 0. The van der Waals surface area contributed by atoms with Crippen molar-refractivity contribution < 1.29 is 9.90 Å². The van der Waals surface area contributed by atoms with Gasteiger partial charge in [0.05, 0.1) is 17.0 Å². The summed E-state index contributed by atoms with van der Waals surface area (Å²) in [6.45, 7) is 7.91. The molecule has 0 radical (unpaired) electrons. The Labute approximate surface area is 120 Å². The molecule has 1 aromatic rings. The molecule has 0 aliphatic rings. The molecule has 0 bridgehead atoms. The zero-order valence-corrected chi connectivity index (χ0v) is 13.0. The number of anilines is 1. The highest BCUT2D eigenvalue weighted by molar-refractivity contribution is 5.98. The maximum atomic E-state index is 12.2. The lowest BCUT2D eigenvalue weighted by molar-refractivity contribution is 0.0367. The number of carbonyl (C=O) groups excluding carboxylic acids is 1. The van der Waals surface area contributed by atoms with Crippen LogP contribution in [0.3, 0.4) is 0 Å². The number of aromatic nitrogens is 2. The van der Waals surface area contributed by atoms with Gasteiger partial charge in [0.15, 0.2) is 0 Å². The number of rotatable bonds is 6. The van der Waals surface area contributed by atoms with Crippen molar-refractivity contribution in [2.24, 2.45) is 13.0 Å². The molecule has 1 atom stereocenters. The van der Waals surface area contributed by atoms with E-state index in [4.69, 9.17) is 5.73 Å². The first-order chi connectivity index (χ1) is 9.18. The number of nitrogen functional groups attached to an aromatic ring is 1. The fraction of sp³-hybridized carbons (Fsp3) is 0.714. The average Bonchev–Trinajstić information content (AvgIpc) is 2.60. The molecule has 6 nitrogen and oxygen atoms in total. The first-order valence-electron chi connectivity index (χ1n) is 7.00. The van der Waals surface area contributed by atoms with E-state index in [1.165, 1.54) is 4.68 Å². The molecule has 114 valence electrons. The monoisotopic (exact) mass is 282 g/mol. The minimum absolute atomic E-state index is 0.191. The third-order valence-electron chi connectivity index (χ3n) is 3.19. The lowest BCUT2D eigenvalue weighted by atomic mass is 9.94. The highest BCUT2D eigenvalue weighted by Gasteiger charge is 2.25. The number of nitrogens with zero attached hydrogens (tertiary/aromatic N) is 2. The number of nitrogens with one attached hydrogen (secondary N) is 1. The molecule has 1 unspecified atom stereocenters. The maximum Gasteiger partial charge on any atom is 0.271 e. The number of hydrogen-bond acceptors (Lipinski definition) is 4. The van der Waals surface area contributed by atoms with Gasteiger partial charge in [0.25, 0.3) is 5.91 Å². The van der Waals surface area contributed by atoms with Crippen LogP contribution in [0.2, 0.25) is 0 Å². The Kier molecular flexibility index (Phi) is 5.16. The minimum atomic E-state index is -0.926. The van der Waals surface area contributed by atoms with Gasteiger partial charge in [0.1, 0.15) is 5.69 Å². The standard InChI is InChI=1S/C14H26N4O2/c1-6-10-11(15)12(18(5)17-10)13(19)16-8-14(4,20)7-9(2)3/h9,20H,6-8,15H2,1-5H3,(H,16,19). The Morgan fingerprint density at radius 3 is 2.60 bits per heavy atom. The lowest BCUT2D eigenvalue weighted by Crippen LogP contribution is -2.42. The summed E-state index contributed by atoms with van der Waals surface area (Å²) in [7, 11) is 1.69. The van der Waals surface area contributed by atoms with Gasteiger partial charge in [0, 0.05) is 13.6 Å². The van der Waals surface area contributed by atoms with Crippen LogP contribution < -0.4 is 11.1 Å². The maximum absolute atomic E-state index is 12.2. The van der Waals surface area contributed by atoms with E-state index in [0.29, 0.717) is 35.8 Å². The van der Waals surface area contributed by atoms with Crippen LogP contribution in [0.1, 0.15) is 50.3 Å². The molecule has 20 heavy (non-hydrogen) atoms. The summed E-state index contributed by atoms with van der Waals surface area (Å²) < 4.78 is 1.49. The Hall–Kier alpha value is -1.56. The minimum Gasteiger partial charge on any atom is -0.395 e. The average molecular weight is 282 g/mol. The SMILES string of the molecule is CCc1nn(C)c(C(=O)NCC(C)(O)CC(C)C)c1N. The third kappa shape index (κ3) is 3.96. The molecule has 1 rings (SSSR count). The Bertz CT molecular complexity index is 478. The zero-order valence-electron chi connectivity index (χ0n) is 13.0. The molecule has 0 spiro atoms. The molecule has 1 aromatic heterocycles. The number of carbonyl (C=O) groups is 1. The van der Waals surface area contributed by atoms with Gasteiger partial charge in [-0.15, -0.1) is 0 Å². The first kappa shape index (κ1) is 16.5. The normalized spacial score (nSPS) is 14.3. The van der Waals surface area contributed by atoms with E-state index >= 15 is 0 Å². The summed E-state index contributed by atoms with van der Waals surface area (Å²) in [4.78, 5) is 12.2. The van der Waals surface area contributed by atoms with E-state index in [9.17, 15) is 9.90 Å². The van der Waals surface area contributed by atoms with Crippen molar-refractivity contribution in [3.63, 3.8) is 0 Å². The van der Waals surface area contributed by atoms with Crippen LogP contribution in [0.25, 0.3) is 0 Å². The number of amides is 1. The van der Waals surface area contributed by atoms with Crippen LogP contribution in [0, 0.1) is 5.92 Å². The molecule has 1 heterocycles. The smallest absolute Gasteiger partial charge is 0.271 e. The summed E-state index contributed by atoms with van der Waals surface area (Å²) in [5.41, 5.74) is 6.48. The molecule has 0 fully saturated rings. The van der Waals surface area contributed by atoms with Crippen molar-refractivity contribution in [3.8, 4) is 0 Å². The number of hydrogen-bond donors (Lipinski definition) is 3. The van der Waals surface area contributed by atoms with Gasteiger partial charge in [-0.05, 0) is 25.7 Å². The number of aliphatic hydroxyl groups is 1. The van der Waals surface area contributed by atoms with Crippen LogP contribution in [-0.4, -0.2) is 32.9 Å². The second-order valence-corrected chi connectivity index (χ2v) is 5.96. The fourth-order valence-electron chi connectivity index (χ4n) is 2.43. The molecular weight excluding hydrogens is 256 g/mol. The quantitative estimate of drug-likeness (QED) is 0.728. The van der Waals surface area contributed by atoms with Gasteiger partial charge < -0.3 is 16.2 Å². The van der Waals surface area contributed by atoms with E-state index < -0.39 is 5.60 Å². The molecular formula is C14H26N4O2. The van der Waals surface area contributed by atoms with Crippen molar-refractivity contribution in [3.05, 3.63) is 11.4 Å². The molecule has 0 aliphatic heterocycles. The van der Waals surface area contributed by atoms with E-state index in [2.05, 4.69) is 10.4 Å². The third-order valence-corrected chi connectivity index (χ3v) is 3.19. The topological polar surface area (TPSA) is 93.2 Å². The zero-order chi connectivity index (χ0) is 15.5. The molecule has 4 N–H and O–H groups in total. The van der Waals surface area contributed by atoms with E-state index in [-0.39, 0.29) is 12.5 Å². The summed E-state index contributed by atoms with van der Waals surface area (Å²) in [6.07, 6.45) is 1.30.